The Labute approximate surface area is 59.5 Å². The standard InChI is InChI=1S/C5H14N2O3/c1-3(5(9)10)7-4(8)2-6/h3-5,7-10H,2,6H2,1H3/t3-,4?/m0/s1. The fraction of sp³-hybridized carbons (Fsp3) is 1.00. The molecule has 6 N–H and O–H groups in total. The molecule has 0 spiro atoms. The molecule has 0 aromatic carbocycles. The van der Waals surface area contributed by atoms with Crippen LogP contribution in [0.2, 0.25) is 0 Å². The zero-order valence-corrected chi connectivity index (χ0v) is 5.86. The molecule has 0 aliphatic rings. The highest BCUT2D eigenvalue weighted by molar-refractivity contribution is 4.64. The molecule has 0 aromatic heterocycles. The highest BCUT2D eigenvalue weighted by Gasteiger charge is 2.12. The molecule has 0 rings (SSSR count). The minimum Gasteiger partial charge on any atom is -0.377 e. The molecule has 0 aromatic rings. The molecule has 10 heavy (non-hydrogen) atoms. The van der Waals surface area contributed by atoms with E-state index in [-0.39, 0.29) is 6.54 Å². The smallest absolute Gasteiger partial charge is 0.166 e. The van der Waals surface area contributed by atoms with Crippen molar-refractivity contribution in [2.75, 3.05) is 6.54 Å². The first-order chi connectivity index (χ1) is 4.57. The lowest BCUT2D eigenvalue weighted by molar-refractivity contribution is -0.0730. The maximum absolute atomic E-state index is 8.82. The van der Waals surface area contributed by atoms with Crippen molar-refractivity contribution in [2.45, 2.75) is 25.5 Å². The fourth-order valence-electron chi connectivity index (χ4n) is 0.458. The van der Waals surface area contributed by atoms with Gasteiger partial charge in [0.1, 0.15) is 6.23 Å². The lowest BCUT2D eigenvalue weighted by atomic mass is 10.3. The lowest BCUT2D eigenvalue weighted by Gasteiger charge is -2.18. The molecule has 2 atom stereocenters. The summed E-state index contributed by atoms with van der Waals surface area (Å²) in [5, 5.41) is 28.3. The van der Waals surface area contributed by atoms with Crippen LogP contribution in [0.25, 0.3) is 0 Å². The second-order valence-electron chi connectivity index (χ2n) is 2.12. The maximum atomic E-state index is 8.82. The van der Waals surface area contributed by atoms with E-state index in [1.807, 2.05) is 0 Å². The Morgan fingerprint density at radius 3 is 2.20 bits per heavy atom. The molecule has 0 heterocycles. The van der Waals surface area contributed by atoms with Gasteiger partial charge in [0.2, 0.25) is 0 Å². The first-order valence-electron chi connectivity index (χ1n) is 3.08. The molecule has 0 saturated heterocycles. The van der Waals surface area contributed by atoms with Gasteiger partial charge in [0.15, 0.2) is 6.29 Å². The van der Waals surface area contributed by atoms with E-state index in [9.17, 15) is 0 Å². The van der Waals surface area contributed by atoms with Gasteiger partial charge >= 0.3 is 0 Å². The highest BCUT2D eigenvalue weighted by Crippen LogP contribution is 1.87. The van der Waals surface area contributed by atoms with Crippen molar-refractivity contribution in [1.29, 1.82) is 0 Å². The molecule has 0 saturated carbocycles. The Bertz CT molecular complexity index is 89.0. The lowest BCUT2D eigenvalue weighted by Crippen LogP contribution is -2.46. The molecule has 0 aliphatic carbocycles. The molecule has 0 bridgehead atoms. The first kappa shape index (κ1) is 9.80. The third-order valence-electron chi connectivity index (χ3n) is 1.13. The van der Waals surface area contributed by atoms with E-state index < -0.39 is 18.6 Å². The van der Waals surface area contributed by atoms with Crippen molar-refractivity contribution in [3.8, 4) is 0 Å². The van der Waals surface area contributed by atoms with Gasteiger partial charge in [-0.25, -0.2) is 0 Å². The molecular formula is C5H14N2O3. The average Bonchev–Trinajstić information content (AvgIpc) is 1.87. The predicted octanol–water partition coefficient (Wildman–Crippen LogP) is -2.45. The minimum absolute atomic E-state index is 0.0526. The number of hydrogen-bond acceptors (Lipinski definition) is 5. The quantitative estimate of drug-likeness (QED) is 0.287. The van der Waals surface area contributed by atoms with Crippen molar-refractivity contribution in [3.63, 3.8) is 0 Å². The molecule has 0 amide bonds. The minimum atomic E-state index is -1.47. The van der Waals surface area contributed by atoms with Crippen molar-refractivity contribution in [3.05, 3.63) is 0 Å². The highest BCUT2D eigenvalue weighted by atomic mass is 16.5. The molecular weight excluding hydrogens is 136 g/mol. The molecule has 5 heteroatoms. The summed E-state index contributed by atoms with van der Waals surface area (Å²) in [7, 11) is 0. The number of nitrogens with two attached hydrogens (primary N) is 1. The van der Waals surface area contributed by atoms with Gasteiger partial charge in [-0.3, -0.25) is 5.32 Å². The summed E-state index contributed by atoms with van der Waals surface area (Å²) in [6.45, 7) is 1.58. The van der Waals surface area contributed by atoms with Crippen LogP contribution < -0.4 is 11.1 Å². The Kier molecular flexibility index (Phi) is 4.50. The van der Waals surface area contributed by atoms with Crippen molar-refractivity contribution >= 4 is 0 Å². The Hall–Kier alpha value is -0.200. The second kappa shape index (κ2) is 4.59. The van der Waals surface area contributed by atoms with Crippen LogP contribution >= 0.6 is 0 Å². The van der Waals surface area contributed by atoms with Crippen LogP contribution in [-0.2, 0) is 0 Å². The van der Waals surface area contributed by atoms with Crippen LogP contribution in [0.1, 0.15) is 6.92 Å². The Morgan fingerprint density at radius 1 is 1.40 bits per heavy atom. The van der Waals surface area contributed by atoms with E-state index in [0.717, 1.165) is 0 Å². The molecule has 1 unspecified atom stereocenters. The third kappa shape index (κ3) is 3.76. The van der Waals surface area contributed by atoms with E-state index in [4.69, 9.17) is 21.1 Å². The van der Waals surface area contributed by atoms with Crippen LogP contribution in [0.3, 0.4) is 0 Å². The van der Waals surface area contributed by atoms with E-state index in [1.54, 1.807) is 0 Å². The van der Waals surface area contributed by atoms with E-state index in [0.29, 0.717) is 0 Å². The van der Waals surface area contributed by atoms with E-state index in [1.165, 1.54) is 6.92 Å². The van der Waals surface area contributed by atoms with Crippen molar-refractivity contribution in [2.24, 2.45) is 5.73 Å². The second-order valence-corrected chi connectivity index (χ2v) is 2.12. The Morgan fingerprint density at radius 2 is 1.90 bits per heavy atom. The summed E-state index contributed by atoms with van der Waals surface area (Å²) < 4.78 is 0. The molecule has 5 nitrogen and oxygen atoms in total. The summed E-state index contributed by atoms with van der Waals surface area (Å²) in [6, 6.07) is -0.571. The predicted molar refractivity (Wildman–Crippen MR) is 35.9 cm³/mol. The normalized spacial score (nSPS) is 17.4. The summed E-state index contributed by atoms with van der Waals surface area (Å²) >= 11 is 0. The van der Waals surface area contributed by atoms with Crippen molar-refractivity contribution in [1.82, 2.24) is 5.32 Å². The number of aliphatic hydroxyl groups is 3. The zero-order valence-electron chi connectivity index (χ0n) is 5.86. The summed E-state index contributed by atoms with van der Waals surface area (Å²) in [6.07, 6.45) is -2.35. The summed E-state index contributed by atoms with van der Waals surface area (Å²) in [5.41, 5.74) is 5.04. The van der Waals surface area contributed by atoms with Crippen LogP contribution in [0.15, 0.2) is 0 Å². The molecule has 0 fully saturated rings. The van der Waals surface area contributed by atoms with Gasteiger partial charge in [-0.2, -0.15) is 0 Å². The van der Waals surface area contributed by atoms with Gasteiger partial charge in [-0.15, -0.1) is 0 Å². The molecule has 0 radical (unpaired) electrons. The topological polar surface area (TPSA) is 98.7 Å². The van der Waals surface area contributed by atoms with Crippen molar-refractivity contribution < 1.29 is 15.3 Å². The van der Waals surface area contributed by atoms with E-state index in [2.05, 4.69) is 5.32 Å². The van der Waals surface area contributed by atoms with Gasteiger partial charge in [-0.05, 0) is 6.92 Å². The van der Waals surface area contributed by atoms with Gasteiger partial charge in [0.05, 0.1) is 6.04 Å². The summed E-state index contributed by atoms with van der Waals surface area (Å²) in [4.78, 5) is 0. The van der Waals surface area contributed by atoms with Gasteiger partial charge in [0.25, 0.3) is 0 Å². The largest absolute Gasteiger partial charge is 0.377 e. The molecule has 62 valence electrons. The Balaban J connectivity index is 3.46. The van der Waals surface area contributed by atoms with Crippen LogP contribution in [0.5, 0.6) is 0 Å². The third-order valence-corrected chi connectivity index (χ3v) is 1.13. The monoisotopic (exact) mass is 150 g/mol. The SMILES string of the molecule is C[C@H](NC(O)CN)C(O)O. The number of rotatable bonds is 4. The maximum Gasteiger partial charge on any atom is 0.166 e. The average molecular weight is 150 g/mol. The van der Waals surface area contributed by atoms with E-state index >= 15 is 0 Å². The number of hydrogen-bond donors (Lipinski definition) is 5. The van der Waals surface area contributed by atoms with Gasteiger partial charge in [0, 0.05) is 6.54 Å². The first-order valence-corrected chi connectivity index (χ1v) is 3.08. The van der Waals surface area contributed by atoms with Crippen LogP contribution in [-0.4, -0.2) is 40.4 Å². The fourth-order valence-corrected chi connectivity index (χ4v) is 0.458. The summed E-state index contributed by atoms with van der Waals surface area (Å²) in [5.74, 6) is 0. The zero-order chi connectivity index (χ0) is 8.15. The number of nitrogens with one attached hydrogen (secondary N) is 1. The van der Waals surface area contributed by atoms with Gasteiger partial charge in [-0.1, -0.05) is 0 Å². The number of aliphatic hydroxyl groups excluding tert-OH is 2. The van der Waals surface area contributed by atoms with Crippen LogP contribution in [0, 0.1) is 0 Å². The van der Waals surface area contributed by atoms with Gasteiger partial charge < -0.3 is 21.1 Å². The van der Waals surface area contributed by atoms with Crippen LogP contribution in [0.4, 0.5) is 0 Å². The molecule has 0 aliphatic heterocycles.